The number of H-pyrrole nitrogens is 1. The van der Waals surface area contributed by atoms with E-state index in [1.165, 1.54) is 24.2 Å². The highest BCUT2D eigenvalue weighted by atomic mass is 35.5. The largest absolute Gasteiger partial charge is 0.405 e. The number of amides is 2. The van der Waals surface area contributed by atoms with E-state index in [9.17, 15) is 22.8 Å². The fourth-order valence-electron chi connectivity index (χ4n) is 3.67. The zero-order valence-electron chi connectivity index (χ0n) is 17.4. The lowest BCUT2D eigenvalue weighted by Crippen LogP contribution is -2.60. The van der Waals surface area contributed by atoms with Crippen LogP contribution in [-0.2, 0) is 9.59 Å². The van der Waals surface area contributed by atoms with Crippen molar-refractivity contribution in [3.63, 3.8) is 0 Å². The Kier molecular flexibility index (Phi) is 6.11. The molecule has 33 heavy (non-hydrogen) atoms. The molecule has 174 valence electrons. The van der Waals surface area contributed by atoms with Gasteiger partial charge in [-0.1, -0.05) is 11.6 Å². The Balaban J connectivity index is 1.66. The van der Waals surface area contributed by atoms with Gasteiger partial charge in [-0.3, -0.25) is 9.59 Å². The maximum Gasteiger partial charge on any atom is 0.405 e. The number of nitrogens with zero attached hydrogens (tertiary/aromatic N) is 5. The third kappa shape index (κ3) is 5.00. The number of aromatic amines is 1. The van der Waals surface area contributed by atoms with E-state index in [0.29, 0.717) is 39.8 Å². The first-order chi connectivity index (χ1) is 15.6. The average Bonchev–Trinajstić information content (AvgIpc) is 3.19. The molecule has 3 aromatic heterocycles. The number of rotatable bonds is 4. The Morgan fingerprint density at radius 3 is 2.82 bits per heavy atom. The highest BCUT2D eigenvalue weighted by Gasteiger charge is 2.36. The molecule has 9 nitrogen and oxygen atoms in total. The van der Waals surface area contributed by atoms with Gasteiger partial charge < -0.3 is 20.1 Å². The molecule has 4 rings (SSSR count). The molecule has 0 bridgehead atoms. The van der Waals surface area contributed by atoms with Crippen LogP contribution in [0.1, 0.15) is 6.92 Å². The monoisotopic (exact) mass is 481 g/mol. The molecule has 0 aromatic carbocycles. The van der Waals surface area contributed by atoms with E-state index in [-0.39, 0.29) is 19.0 Å². The molecule has 1 unspecified atom stereocenters. The Morgan fingerprint density at radius 1 is 1.30 bits per heavy atom. The molecule has 0 radical (unpaired) electrons. The number of fused-ring (bicyclic) bond motifs is 1. The molecule has 13 heteroatoms. The maximum atomic E-state index is 12.7. The minimum atomic E-state index is -4.55. The molecule has 0 spiro atoms. The Morgan fingerprint density at radius 2 is 2.09 bits per heavy atom. The summed E-state index contributed by atoms with van der Waals surface area (Å²) in [6.07, 6.45) is 0.118. The van der Waals surface area contributed by atoms with Crippen molar-refractivity contribution in [2.75, 3.05) is 31.1 Å². The topological polar surface area (TPSA) is 107 Å². The minimum absolute atomic E-state index is 0.0645. The van der Waals surface area contributed by atoms with Crippen LogP contribution in [0.3, 0.4) is 0 Å². The first-order valence-corrected chi connectivity index (χ1v) is 10.3. The number of pyridine rings is 1. The Labute approximate surface area is 191 Å². The van der Waals surface area contributed by atoms with Gasteiger partial charge in [0.1, 0.15) is 24.1 Å². The normalized spacial score (nSPS) is 16.8. The molecule has 1 fully saturated rings. The van der Waals surface area contributed by atoms with Gasteiger partial charge >= 0.3 is 6.18 Å². The van der Waals surface area contributed by atoms with Crippen LogP contribution in [0, 0.1) is 0 Å². The molecular weight excluding hydrogens is 463 g/mol. The van der Waals surface area contributed by atoms with Crippen molar-refractivity contribution >= 4 is 40.3 Å². The van der Waals surface area contributed by atoms with Crippen molar-refractivity contribution in [2.24, 2.45) is 0 Å². The molecule has 0 aliphatic carbocycles. The predicted octanol–water partition coefficient (Wildman–Crippen LogP) is 2.39. The van der Waals surface area contributed by atoms with Gasteiger partial charge in [-0.05, 0) is 12.1 Å². The quantitative estimate of drug-likeness (QED) is 0.592. The molecule has 0 saturated carbocycles. The highest BCUT2D eigenvalue weighted by molar-refractivity contribution is 6.31. The molecule has 1 aliphatic rings. The van der Waals surface area contributed by atoms with Gasteiger partial charge in [0.15, 0.2) is 5.82 Å². The summed E-state index contributed by atoms with van der Waals surface area (Å²) < 4.78 is 37.9. The number of hydrogen-bond acceptors (Lipinski definition) is 6. The van der Waals surface area contributed by atoms with Crippen molar-refractivity contribution < 1.29 is 22.8 Å². The average molecular weight is 482 g/mol. The molecule has 1 saturated heterocycles. The van der Waals surface area contributed by atoms with Crippen molar-refractivity contribution in [1.82, 2.24) is 30.2 Å². The van der Waals surface area contributed by atoms with E-state index in [1.54, 1.807) is 23.2 Å². The zero-order chi connectivity index (χ0) is 23.8. The molecule has 1 aliphatic heterocycles. The van der Waals surface area contributed by atoms with Gasteiger partial charge in [0.05, 0.1) is 11.6 Å². The van der Waals surface area contributed by atoms with Gasteiger partial charge in [0, 0.05) is 49.6 Å². The van der Waals surface area contributed by atoms with E-state index in [1.807, 2.05) is 5.32 Å². The van der Waals surface area contributed by atoms with E-state index < -0.39 is 24.7 Å². The SMILES string of the molecule is CC(=O)N1CCN(c2ccnc(-c3c[nH]c4ncc(Cl)cc34)n2)C(C(=O)NCC(F)(F)F)C1. The van der Waals surface area contributed by atoms with Gasteiger partial charge in [-0.2, -0.15) is 13.2 Å². The lowest BCUT2D eigenvalue weighted by molar-refractivity contribution is -0.140. The van der Waals surface area contributed by atoms with Gasteiger partial charge in [0.25, 0.3) is 0 Å². The minimum Gasteiger partial charge on any atom is -0.345 e. The summed E-state index contributed by atoms with van der Waals surface area (Å²) >= 11 is 6.06. The van der Waals surface area contributed by atoms with E-state index >= 15 is 0 Å². The summed E-state index contributed by atoms with van der Waals surface area (Å²) in [6, 6.07) is 2.23. The summed E-state index contributed by atoms with van der Waals surface area (Å²) in [4.78, 5) is 43.6. The second kappa shape index (κ2) is 8.85. The summed E-state index contributed by atoms with van der Waals surface area (Å²) in [5.74, 6) is -0.442. The number of carbonyl (C=O) groups excluding carboxylic acids is 2. The van der Waals surface area contributed by atoms with Crippen LogP contribution < -0.4 is 10.2 Å². The van der Waals surface area contributed by atoms with Crippen LogP contribution >= 0.6 is 11.6 Å². The summed E-state index contributed by atoms with van der Waals surface area (Å²) in [7, 11) is 0. The van der Waals surface area contributed by atoms with Crippen molar-refractivity contribution in [3.05, 3.63) is 35.7 Å². The first kappa shape index (κ1) is 22.8. The molecule has 3 aromatic rings. The number of nitrogens with one attached hydrogen (secondary N) is 2. The van der Waals surface area contributed by atoms with Crippen LogP contribution in [-0.4, -0.2) is 75.0 Å². The van der Waals surface area contributed by atoms with Crippen LogP contribution in [0.15, 0.2) is 30.7 Å². The van der Waals surface area contributed by atoms with Gasteiger partial charge in [-0.15, -0.1) is 0 Å². The van der Waals surface area contributed by atoms with Crippen LogP contribution in [0.5, 0.6) is 0 Å². The molecular formula is C20H19ClF3N7O2. The summed E-state index contributed by atoms with van der Waals surface area (Å²) in [5.41, 5.74) is 1.21. The standard InChI is InChI=1S/C20H19ClF3N7O2/c1-11(32)30-4-5-31(15(9-30)19(33)28-10-20(22,23)24)16-2-3-25-18(29-16)14-8-27-17-13(14)6-12(21)7-26-17/h2-3,6-8,15H,4-5,9-10H2,1H3,(H,26,27)(H,28,33). The van der Waals surface area contributed by atoms with Crippen LogP contribution in [0.2, 0.25) is 5.02 Å². The smallest absolute Gasteiger partial charge is 0.345 e. The van der Waals surface area contributed by atoms with Crippen LogP contribution in [0.4, 0.5) is 19.0 Å². The number of hydrogen-bond donors (Lipinski definition) is 2. The number of carbonyl (C=O) groups is 2. The van der Waals surface area contributed by atoms with E-state index in [2.05, 4.69) is 19.9 Å². The fourth-order valence-corrected chi connectivity index (χ4v) is 3.83. The Bertz CT molecular complexity index is 1200. The lowest BCUT2D eigenvalue weighted by atomic mass is 10.1. The van der Waals surface area contributed by atoms with Gasteiger partial charge in [-0.25, -0.2) is 15.0 Å². The second-order valence-corrected chi connectivity index (χ2v) is 7.93. The Hall–Kier alpha value is -3.41. The number of anilines is 1. The third-order valence-electron chi connectivity index (χ3n) is 5.27. The molecule has 2 N–H and O–H groups in total. The maximum absolute atomic E-state index is 12.7. The molecule has 1 atom stereocenters. The van der Waals surface area contributed by atoms with Crippen molar-refractivity contribution in [2.45, 2.75) is 19.1 Å². The molecule has 4 heterocycles. The van der Waals surface area contributed by atoms with Crippen LogP contribution in [0.25, 0.3) is 22.4 Å². The zero-order valence-corrected chi connectivity index (χ0v) is 18.1. The fraction of sp³-hybridized carbons (Fsp3) is 0.350. The predicted molar refractivity (Wildman–Crippen MR) is 115 cm³/mol. The third-order valence-corrected chi connectivity index (χ3v) is 5.47. The highest BCUT2D eigenvalue weighted by Crippen LogP contribution is 2.29. The number of halogens is 4. The summed E-state index contributed by atoms with van der Waals surface area (Å²) in [5, 5.41) is 3.04. The first-order valence-electron chi connectivity index (χ1n) is 9.95. The van der Waals surface area contributed by atoms with E-state index in [4.69, 9.17) is 11.6 Å². The number of piperazine rings is 1. The molecule has 2 amide bonds. The number of alkyl halides is 3. The van der Waals surface area contributed by atoms with Crippen molar-refractivity contribution in [3.8, 4) is 11.4 Å². The van der Waals surface area contributed by atoms with Crippen molar-refractivity contribution in [1.29, 1.82) is 0 Å². The summed E-state index contributed by atoms with van der Waals surface area (Å²) in [6.45, 7) is 0.324. The number of aromatic nitrogens is 4. The lowest BCUT2D eigenvalue weighted by Gasteiger charge is -2.40. The van der Waals surface area contributed by atoms with Gasteiger partial charge in [0.2, 0.25) is 11.8 Å². The van der Waals surface area contributed by atoms with E-state index in [0.717, 1.165) is 0 Å². The second-order valence-electron chi connectivity index (χ2n) is 7.50.